The van der Waals surface area contributed by atoms with Crippen molar-refractivity contribution in [2.75, 3.05) is 26.0 Å². The van der Waals surface area contributed by atoms with Crippen molar-refractivity contribution >= 4 is 10.0 Å². The predicted octanol–water partition coefficient (Wildman–Crippen LogP) is 1.35. The summed E-state index contributed by atoms with van der Waals surface area (Å²) in [6.07, 6.45) is 2.95. The summed E-state index contributed by atoms with van der Waals surface area (Å²) < 4.78 is 37.0. The molecule has 7 heteroatoms. The fourth-order valence-electron chi connectivity index (χ4n) is 3.58. The van der Waals surface area contributed by atoms with Crippen LogP contribution in [0.4, 0.5) is 0 Å². The van der Waals surface area contributed by atoms with Crippen molar-refractivity contribution in [3.8, 4) is 0 Å². The highest BCUT2D eigenvalue weighted by molar-refractivity contribution is 7.88. The fraction of sp³-hybridized carbons (Fsp3) is 0.688. The minimum absolute atomic E-state index is 0.00386. The van der Waals surface area contributed by atoms with Crippen LogP contribution in [0.15, 0.2) is 18.2 Å². The summed E-state index contributed by atoms with van der Waals surface area (Å²) >= 11 is 0. The Morgan fingerprint density at radius 1 is 1.39 bits per heavy atom. The van der Waals surface area contributed by atoms with E-state index in [1.54, 1.807) is 4.31 Å². The molecule has 0 N–H and O–H groups in total. The molecule has 3 rings (SSSR count). The molecule has 0 radical (unpaired) electrons. The zero-order valence-electron chi connectivity index (χ0n) is 13.6. The second-order valence-corrected chi connectivity index (χ2v) is 8.41. The highest BCUT2D eigenvalue weighted by Gasteiger charge is 2.44. The second-order valence-electron chi connectivity index (χ2n) is 6.47. The van der Waals surface area contributed by atoms with Crippen LogP contribution in [0.2, 0.25) is 0 Å². The average molecular weight is 340 g/mol. The van der Waals surface area contributed by atoms with Gasteiger partial charge in [0.15, 0.2) is 0 Å². The first-order valence-electron chi connectivity index (χ1n) is 8.02. The molecule has 2 aliphatic rings. The van der Waals surface area contributed by atoms with Crippen LogP contribution < -0.4 is 0 Å². The number of hydrogen-bond acceptors (Lipinski definition) is 5. The molecule has 1 saturated carbocycles. The Balaban J connectivity index is 1.53. The average Bonchev–Trinajstić information content (AvgIpc) is 2.88. The van der Waals surface area contributed by atoms with Gasteiger partial charge in [-0.05, 0) is 37.8 Å². The summed E-state index contributed by atoms with van der Waals surface area (Å²) in [6.45, 7) is 4.01. The third-order valence-electron chi connectivity index (χ3n) is 4.56. The minimum Gasteiger partial charge on any atom is -0.375 e. The van der Waals surface area contributed by atoms with Gasteiger partial charge in [0.1, 0.15) is 0 Å². The molecule has 2 heterocycles. The summed E-state index contributed by atoms with van der Waals surface area (Å²) in [5, 5.41) is 0. The lowest BCUT2D eigenvalue weighted by Gasteiger charge is -2.35. The maximum atomic E-state index is 11.9. The molecular weight excluding hydrogens is 316 g/mol. The van der Waals surface area contributed by atoms with E-state index in [-0.39, 0.29) is 12.1 Å². The molecule has 1 aliphatic carbocycles. The number of rotatable bonds is 5. The zero-order valence-corrected chi connectivity index (χ0v) is 14.5. The molecule has 6 nitrogen and oxygen atoms in total. The van der Waals surface area contributed by atoms with Gasteiger partial charge in [-0.2, -0.15) is 4.31 Å². The normalized spacial score (nSPS) is 28.7. The lowest BCUT2D eigenvalue weighted by molar-refractivity contribution is -0.0250. The van der Waals surface area contributed by atoms with Gasteiger partial charge in [0, 0.05) is 12.2 Å². The lowest BCUT2D eigenvalue weighted by Crippen LogP contribution is -2.50. The van der Waals surface area contributed by atoms with E-state index in [4.69, 9.17) is 9.47 Å². The molecule has 1 saturated heterocycles. The number of aromatic nitrogens is 1. The largest absolute Gasteiger partial charge is 0.375 e. The van der Waals surface area contributed by atoms with E-state index in [1.165, 1.54) is 6.26 Å². The molecule has 0 bridgehead atoms. The highest BCUT2D eigenvalue weighted by Crippen LogP contribution is 2.35. The number of pyridine rings is 1. The molecule has 0 unspecified atom stereocenters. The van der Waals surface area contributed by atoms with E-state index < -0.39 is 10.0 Å². The van der Waals surface area contributed by atoms with Crippen molar-refractivity contribution in [3.63, 3.8) is 0 Å². The Morgan fingerprint density at radius 3 is 2.96 bits per heavy atom. The molecule has 23 heavy (non-hydrogen) atoms. The van der Waals surface area contributed by atoms with Crippen molar-refractivity contribution in [1.29, 1.82) is 0 Å². The molecule has 0 spiro atoms. The first-order chi connectivity index (χ1) is 10.9. The molecular formula is C16H24N2O4S. The Bertz CT molecular complexity index is 649. The second kappa shape index (κ2) is 6.84. The minimum atomic E-state index is -3.17. The van der Waals surface area contributed by atoms with E-state index >= 15 is 0 Å². The molecule has 128 valence electrons. The Kier molecular flexibility index (Phi) is 5.01. The number of hydrogen-bond donors (Lipinski definition) is 0. The van der Waals surface area contributed by atoms with E-state index in [9.17, 15) is 8.42 Å². The van der Waals surface area contributed by atoms with Crippen LogP contribution in [-0.2, 0) is 26.1 Å². The molecule has 1 aliphatic heterocycles. The van der Waals surface area contributed by atoms with Crippen molar-refractivity contribution in [2.45, 2.75) is 38.5 Å². The molecule has 0 amide bonds. The zero-order chi connectivity index (χ0) is 16.4. The van der Waals surface area contributed by atoms with Gasteiger partial charge in [-0.25, -0.2) is 8.42 Å². The molecule has 1 aromatic heterocycles. The van der Waals surface area contributed by atoms with Crippen molar-refractivity contribution in [1.82, 2.24) is 9.29 Å². The summed E-state index contributed by atoms with van der Waals surface area (Å²) in [4.78, 5) is 4.42. The Labute approximate surface area is 137 Å². The molecule has 3 atom stereocenters. The SMILES string of the molecule is Cc1cccc(COC[C@@H]2C[C@H]3OCCN(S(C)(=O)=O)[C@H]3C2)n1. The van der Waals surface area contributed by atoms with E-state index in [2.05, 4.69) is 4.98 Å². The molecule has 1 aromatic rings. The summed E-state index contributed by atoms with van der Waals surface area (Å²) in [5.74, 6) is 0.331. The van der Waals surface area contributed by atoms with E-state index in [1.807, 2.05) is 25.1 Å². The van der Waals surface area contributed by atoms with Gasteiger partial charge in [-0.3, -0.25) is 4.98 Å². The molecule has 2 fully saturated rings. The van der Waals surface area contributed by atoms with Gasteiger partial charge in [-0.15, -0.1) is 0 Å². The standard InChI is InChI=1S/C16H24N2O4S/c1-12-4-3-5-14(17-12)11-21-10-13-8-15-16(9-13)22-7-6-18(15)23(2,19)20/h3-5,13,15-16H,6-11H2,1-2H3/t13-,15-,16+/m0/s1. The monoisotopic (exact) mass is 340 g/mol. The van der Waals surface area contributed by atoms with Gasteiger partial charge in [0.25, 0.3) is 0 Å². The fourth-order valence-corrected chi connectivity index (χ4v) is 4.69. The first kappa shape index (κ1) is 16.8. The maximum Gasteiger partial charge on any atom is 0.211 e. The number of fused-ring (bicyclic) bond motifs is 1. The molecule has 0 aromatic carbocycles. The maximum absolute atomic E-state index is 11.9. The van der Waals surface area contributed by atoms with Crippen LogP contribution in [0, 0.1) is 12.8 Å². The number of aryl methyl sites for hydroxylation is 1. The quantitative estimate of drug-likeness (QED) is 0.809. The third kappa shape index (κ3) is 4.09. The highest BCUT2D eigenvalue weighted by atomic mass is 32.2. The van der Waals surface area contributed by atoms with Gasteiger partial charge in [0.2, 0.25) is 10.0 Å². The van der Waals surface area contributed by atoms with Gasteiger partial charge in [-0.1, -0.05) is 6.07 Å². The van der Waals surface area contributed by atoms with Crippen LogP contribution in [0.5, 0.6) is 0 Å². The van der Waals surface area contributed by atoms with Crippen LogP contribution in [0.3, 0.4) is 0 Å². The van der Waals surface area contributed by atoms with E-state index in [0.717, 1.165) is 24.2 Å². The van der Waals surface area contributed by atoms with Gasteiger partial charge < -0.3 is 9.47 Å². The van der Waals surface area contributed by atoms with Crippen molar-refractivity contribution in [2.24, 2.45) is 5.92 Å². The van der Waals surface area contributed by atoms with Crippen LogP contribution in [-0.4, -0.2) is 55.9 Å². The Hall–Kier alpha value is -1.02. The van der Waals surface area contributed by atoms with Crippen LogP contribution >= 0.6 is 0 Å². The van der Waals surface area contributed by atoms with Gasteiger partial charge >= 0.3 is 0 Å². The predicted molar refractivity (Wildman–Crippen MR) is 86.4 cm³/mol. The summed E-state index contributed by atoms with van der Waals surface area (Å²) in [6, 6.07) is 5.85. The first-order valence-corrected chi connectivity index (χ1v) is 9.87. The Morgan fingerprint density at radius 2 is 2.22 bits per heavy atom. The topological polar surface area (TPSA) is 68.7 Å². The van der Waals surface area contributed by atoms with E-state index in [0.29, 0.717) is 32.3 Å². The lowest BCUT2D eigenvalue weighted by atomic mass is 10.1. The number of nitrogens with zero attached hydrogens (tertiary/aromatic N) is 2. The van der Waals surface area contributed by atoms with Crippen molar-refractivity contribution in [3.05, 3.63) is 29.6 Å². The number of sulfonamides is 1. The van der Waals surface area contributed by atoms with Gasteiger partial charge in [0.05, 0.1) is 43.9 Å². The third-order valence-corrected chi connectivity index (χ3v) is 5.86. The van der Waals surface area contributed by atoms with Crippen LogP contribution in [0.1, 0.15) is 24.2 Å². The van der Waals surface area contributed by atoms with Crippen molar-refractivity contribution < 1.29 is 17.9 Å². The summed E-state index contributed by atoms with van der Waals surface area (Å²) in [7, 11) is -3.17. The summed E-state index contributed by atoms with van der Waals surface area (Å²) in [5.41, 5.74) is 1.91. The smallest absolute Gasteiger partial charge is 0.211 e. The number of morpholine rings is 1. The van der Waals surface area contributed by atoms with Crippen LogP contribution in [0.25, 0.3) is 0 Å². The number of ether oxygens (including phenoxy) is 2.